The average molecular weight is 400 g/mol. The van der Waals surface area contributed by atoms with Crippen molar-refractivity contribution in [1.29, 1.82) is 0 Å². The zero-order chi connectivity index (χ0) is 20.6. The molecule has 3 aromatic carbocycles. The molecule has 1 atom stereocenters. The molecule has 0 bridgehead atoms. The Kier molecular flexibility index (Phi) is 6.40. The van der Waals surface area contributed by atoms with Gasteiger partial charge in [-0.25, -0.2) is 9.79 Å². The van der Waals surface area contributed by atoms with Gasteiger partial charge in [0.05, 0.1) is 0 Å². The summed E-state index contributed by atoms with van der Waals surface area (Å²) in [5.41, 5.74) is 3.07. The number of carbonyl (C=O) groups excluding carboxylic acids is 1. The molecule has 0 aromatic heterocycles. The third-order valence-corrected chi connectivity index (χ3v) is 4.90. The molecule has 0 unspecified atom stereocenters. The summed E-state index contributed by atoms with van der Waals surface area (Å²) in [7, 11) is 0. The summed E-state index contributed by atoms with van der Waals surface area (Å²) < 4.78 is 11.4. The minimum absolute atomic E-state index is 0.0416. The van der Waals surface area contributed by atoms with E-state index in [2.05, 4.69) is 4.99 Å². The van der Waals surface area contributed by atoms with E-state index in [1.54, 1.807) is 4.90 Å². The number of aliphatic imine (C=N–C) groups is 1. The summed E-state index contributed by atoms with van der Waals surface area (Å²) in [6, 6.07) is 29.5. The molecular weight excluding hydrogens is 376 g/mol. The van der Waals surface area contributed by atoms with E-state index >= 15 is 0 Å². The molecule has 1 aliphatic rings. The van der Waals surface area contributed by atoms with E-state index in [1.807, 2.05) is 91.0 Å². The number of amides is 1. The van der Waals surface area contributed by atoms with Gasteiger partial charge in [0, 0.05) is 6.54 Å². The topological polar surface area (TPSA) is 51.1 Å². The second-order valence-corrected chi connectivity index (χ2v) is 7.14. The van der Waals surface area contributed by atoms with Crippen molar-refractivity contribution < 1.29 is 14.3 Å². The predicted molar refractivity (Wildman–Crippen MR) is 116 cm³/mol. The summed E-state index contributed by atoms with van der Waals surface area (Å²) in [5, 5.41) is 0. The van der Waals surface area contributed by atoms with Gasteiger partial charge in [-0.2, -0.15) is 0 Å². The predicted octanol–water partition coefficient (Wildman–Crippen LogP) is 5.00. The molecule has 0 N–H and O–H groups in total. The number of hydrogen-bond donors (Lipinski definition) is 0. The lowest BCUT2D eigenvalue weighted by Gasteiger charge is -2.22. The molecule has 0 radical (unpaired) electrons. The molecule has 152 valence electrons. The highest BCUT2D eigenvalue weighted by atomic mass is 16.6. The van der Waals surface area contributed by atoms with Gasteiger partial charge in [-0.1, -0.05) is 91.0 Å². The highest BCUT2D eigenvalue weighted by Crippen LogP contribution is 2.23. The number of rotatable bonds is 7. The number of carbonyl (C=O) groups is 1. The lowest BCUT2D eigenvalue weighted by atomic mass is 10.1. The summed E-state index contributed by atoms with van der Waals surface area (Å²) in [5.74, 6) is 0.552. The fourth-order valence-electron chi connectivity index (χ4n) is 3.32. The number of hydrogen-bond acceptors (Lipinski definition) is 4. The van der Waals surface area contributed by atoms with Crippen molar-refractivity contribution in [3.05, 3.63) is 108 Å². The van der Waals surface area contributed by atoms with Gasteiger partial charge in [0.25, 0.3) is 0 Å². The minimum atomic E-state index is -0.392. The van der Waals surface area contributed by atoms with Crippen molar-refractivity contribution in [3.8, 4) is 0 Å². The summed E-state index contributed by atoms with van der Waals surface area (Å²) in [4.78, 5) is 19.2. The Morgan fingerprint density at radius 1 is 0.867 bits per heavy atom. The molecule has 0 fully saturated rings. The Bertz CT molecular complexity index is 975. The van der Waals surface area contributed by atoms with E-state index in [0.29, 0.717) is 19.0 Å². The van der Waals surface area contributed by atoms with Crippen LogP contribution in [0.25, 0.3) is 0 Å². The maximum Gasteiger partial charge on any atom is 0.410 e. The van der Waals surface area contributed by atoms with Gasteiger partial charge in [-0.15, -0.1) is 0 Å². The van der Waals surface area contributed by atoms with E-state index in [9.17, 15) is 4.79 Å². The maximum atomic E-state index is 12.9. The summed E-state index contributed by atoms with van der Waals surface area (Å²) >= 11 is 0. The second kappa shape index (κ2) is 9.74. The molecule has 3 aromatic rings. The second-order valence-electron chi connectivity index (χ2n) is 7.14. The monoisotopic (exact) mass is 400 g/mol. The van der Waals surface area contributed by atoms with Crippen molar-refractivity contribution in [2.75, 3.05) is 13.2 Å². The molecule has 5 heteroatoms. The molecule has 4 rings (SSSR count). The molecule has 0 aliphatic carbocycles. The van der Waals surface area contributed by atoms with Crippen LogP contribution in [0.3, 0.4) is 0 Å². The van der Waals surface area contributed by atoms with Gasteiger partial charge in [-0.3, -0.25) is 4.90 Å². The summed E-state index contributed by atoms with van der Waals surface area (Å²) in [6.07, 6.45) is -0.392. The average Bonchev–Trinajstić information content (AvgIpc) is 3.28. The Morgan fingerprint density at radius 3 is 2.13 bits per heavy atom. The fourth-order valence-corrected chi connectivity index (χ4v) is 3.32. The van der Waals surface area contributed by atoms with Crippen molar-refractivity contribution in [2.24, 2.45) is 4.99 Å². The van der Waals surface area contributed by atoms with Crippen molar-refractivity contribution >= 4 is 12.0 Å². The standard InChI is InChI=1S/C25H24N2O3/c28-25(30-18-21-12-6-2-7-13-21)27(16-20-10-4-1-5-11-20)17-24-26-23(19-29-24)22-14-8-3-9-15-22/h1-15,23H,16-19H2/t23-/m0/s1. The molecule has 0 spiro atoms. The van der Waals surface area contributed by atoms with Crippen LogP contribution in [0.5, 0.6) is 0 Å². The molecule has 30 heavy (non-hydrogen) atoms. The number of benzene rings is 3. The molecular formula is C25H24N2O3. The van der Waals surface area contributed by atoms with E-state index in [-0.39, 0.29) is 19.2 Å². The maximum absolute atomic E-state index is 12.9. The highest BCUT2D eigenvalue weighted by molar-refractivity contribution is 5.83. The van der Waals surface area contributed by atoms with Gasteiger partial charge in [0.1, 0.15) is 25.8 Å². The quantitative estimate of drug-likeness (QED) is 0.561. The van der Waals surface area contributed by atoms with Gasteiger partial charge < -0.3 is 9.47 Å². The van der Waals surface area contributed by atoms with Crippen molar-refractivity contribution in [2.45, 2.75) is 19.2 Å². The van der Waals surface area contributed by atoms with E-state index in [1.165, 1.54) is 0 Å². The first kappa shape index (κ1) is 19.7. The lowest BCUT2D eigenvalue weighted by molar-refractivity contribution is 0.0971. The van der Waals surface area contributed by atoms with Crippen LogP contribution in [-0.2, 0) is 22.6 Å². The van der Waals surface area contributed by atoms with Crippen LogP contribution in [-0.4, -0.2) is 30.0 Å². The van der Waals surface area contributed by atoms with Crippen LogP contribution < -0.4 is 0 Å². The van der Waals surface area contributed by atoms with E-state index in [4.69, 9.17) is 9.47 Å². The SMILES string of the molecule is O=C(OCc1ccccc1)N(CC1=N[C@H](c2ccccc2)CO1)Cc1ccccc1. The van der Waals surface area contributed by atoms with Gasteiger partial charge in [0.15, 0.2) is 0 Å². The Balaban J connectivity index is 1.45. The van der Waals surface area contributed by atoms with E-state index < -0.39 is 6.09 Å². The minimum Gasteiger partial charge on any atom is -0.477 e. The Morgan fingerprint density at radius 2 is 1.47 bits per heavy atom. The summed E-state index contributed by atoms with van der Waals surface area (Å²) in [6.45, 7) is 1.40. The zero-order valence-corrected chi connectivity index (χ0v) is 16.7. The zero-order valence-electron chi connectivity index (χ0n) is 16.7. The molecule has 0 saturated heterocycles. The smallest absolute Gasteiger partial charge is 0.410 e. The van der Waals surface area contributed by atoms with Crippen LogP contribution in [0, 0.1) is 0 Å². The first-order valence-electron chi connectivity index (χ1n) is 10.0. The van der Waals surface area contributed by atoms with Crippen LogP contribution in [0.2, 0.25) is 0 Å². The van der Waals surface area contributed by atoms with Crippen LogP contribution in [0.1, 0.15) is 22.7 Å². The van der Waals surface area contributed by atoms with Gasteiger partial charge in [-0.05, 0) is 16.7 Å². The van der Waals surface area contributed by atoms with Crippen LogP contribution in [0.4, 0.5) is 4.79 Å². The normalized spacial score (nSPS) is 15.2. The number of ether oxygens (including phenoxy) is 2. The molecule has 1 amide bonds. The molecule has 1 aliphatic heterocycles. The van der Waals surface area contributed by atoms with Crippen LogP contribution in [0.15, 0.2) is 96.0 Å². The van der Waals surface area contributed by atoms with Crippen molar-refractivity contribution in [3.63, 3.8) is 0 Å². The molecule has 5 nitrogen and oxygen atoms in total. The largest absolute Gasteiger partial charge is 0.477 e. The van der Waals surface area contributed by atoms with Gasteiger partial charge >= 0.3 is 6.09 Å². The first-order chi connectivity index (χ1) is 14.8. The third-order valence-electron chi connectivity index (χ3n) is 4.90. The van der Waals surface area contributed by atoms with Crippen molar-refractivity contribution in [1.82, 2.24) is 4.90 Å². The van der Waals surface area contributed by atoms with Gasteiger partial charge in [0.2, 0.25) is 5.90 Å². The Hall–Kier alpha value is -3.60. The Labute approximate surface area is 176 Å². The number of nitrogens with zero attached hydrogens (tertiary/aromatic N) is 2. The fraction of sp³-hybridized carbons (Fsp3) is 0.200. The van der Waals surface area contributed by atoms with E-state index in [0.717, 1.165) is 16.7 Å². The first-order valence-corrected chi connectivity index (χ1v) is 10.0. The highest BCUT2D eigenvalue weighted by Gasteiger charge is 2.25. The molecule has 0 saturated carbocycles. The van der Waals surface area contributed by atoms with Crippen LogP contribution >= 0.6 is 0 Å². The molecule has 1 heterocycles. The third kappa shape index (κ3) is 5.26. The lowest BCUT2D eigenvalue weighted by Crippen LogP contribution is -2.35.